The average Bonchev–Trinajstić information content (AvgIpc) is 3.02. The summed E-state index contributed by atoms with van der Waals surface area (Å²) in [6, 6.07) is 0. The Kier molecular flexibility index (Phi) is 5.08. The van der Waals surface area contributed by atoms with Gasteiger partial charge in [0.1, 0.15) is 0 Å². The molecule has 1 fully saturated rings. The van der Waals surface area contributed by atoms with Gasteiger partial charge in [-0.15, -0.1) is 0 Å². The van der Waals surface area contributed by atoms with E-state index < -0.39 is 16.3 Å². The molecule has 126 valence electrons. The summed E-state index contributed by atoms with van der Waals surface area (Å²) in [7, 11) is 2.41. The van der Waals surface area contributed by atoms with E-state index in [-0.39, 0.29) is 29.8 Å². The highest BCUT2D eigenvalue weighted by molar-refractivity contribution is 9.10. The Bertz CT molecular complexity index is 643. The van der Waals surface area contributed by atoms with Crippen molar-refractivity contribution >= 4 is 33.8 Å². The molecule has 1 aromatic rings. The molecule has 0 radical (unpaired) electrons. The molecule has 1 aromatic heterocycles. The number of carbonyl (C=O) groups is 3. The Hall–Kier alpha value is -1.90. The first-order chi connectivity index (χ1) is 10.9. The summed E-state index contributed by atoms with van der Waals surface area (Å²) < 4.78 is 15.3. The fraction of sp³-hybridized carbons (Fsp3) is 0.571. The van der Waals surface area contributed by atoms with Crippen molar-refractivity contribution in [1.82, 2.24) is 9.55 Å². The zero-order valence-corrected chi connectivity index (χ0v) is 14.6. The van der Waals surface area contributed by atoms with Crippen LogP contribution in [0.25, 0.3) is 0 Å². The number of alkyl halides is 1. The Morgan fingerprint density at radius 1 is 1.35 bits per heavy atom. The minimum Gasteiger partial charge on any atom is -0.466 e. The molecule has 0 spiro atoms. The van der Waals surface area contributed by atoms with Crippen LogP contribution in [-0.4, -0.2) is 52.6 Å². The summed E-state index contributed by atoms with van der Waals surface area (Å²) in [5, 5.41) is 0. The van der Waals surface area contributed by atoms with E-state index in [2.05, 4.69) is 25.7 Å². The molecule has 1 aliphatic rings. The van der Waals surface area contributed by atoms with Crippen LogP contribution in [-0.2, 0) is 25.5 Å². The van der Waals surface area contributed by atoms with Gasteiger partial charge in [0, 0.05) is 6.54 Å². The first-order valence-corrected chi connectivity index (χ1v) is 7.74. The zero-order valence-electron chi connectivity index (χ0n) is 13.0. The molecule has 0 N–H and O–H groups in total. The Morgan fingerprint density at radius 3 is 2.57 bits per heavy atom. The van der Waals surface area contributed by atoms with E-state index in [1.807, 2.05) is 0 Å². The van der Waals surface area contributed by atoms with Gasteiger partial charge in [0.2, 0.25) is 0 Å². The highest BCUT2D eigenvalue weighted by atomic mass is 79.9. The Labute approximate surface area is 141 Å². The quantitative estimate of drug-likeness (QED) is 0.409. The number of esters is 3. The van der Waals surface area contributed by atoms with Crippen LogP contribution in [0.2, 0.25) is 0 Å². The molecular weight excluding hydrogens is 372 g/mol. The summed E-state index contributed by atoms with van der Waals surface area (Å²) in [4.78, 5) is 39.4. The van der Waals surface area contributed by atoms with E-state index in [0.717, 1.165) is 0 Å². The molecule has 1 aliphatic carbocycles. The normalized spacial score (nSPS) is 22.3. The van der Waals surface area contributed by atoms with Gasteiger partial charge in [-0.2, -0.15) is 0 Å². The van der Waals surface area contributed by atoms with Crippen LogP contribution < -0.4 is 0 Å². The van der Waals surface area contributed by atoms with Crippen LogP contribution in [0.3, 0.4) is 0 Å². The van der Waals surface area contributed by atoms with E-state index >= 15 is 0 Å². The van der Waals surface area contributed by atoms with Gasteiger partial charge in [-0.3, -0.25) is 4.79 Å². The van der Waals surface area contributed by atoms with E-state index in [1.54, 1.807) is 6.92 Å². The molecule has 9 heteroatoms. The van der Waals surface area contributed by atoms with Crippen molar-refractivity contribution in [2.75, 3.05) is 20.8 Å². The summed E-state index contributed by atoms with van der Waals surface area (Å²) in [5.74, 6) is -2.04. The molecule has 8 nitrogen and oxygen atoms in total. The number of hydrogen-bond donors (Lipinski definition) is 0. The number of halogens is 1. The fourth-order valence-corrected chi connectivity index (χ4v) is 3.12. The van der Waals surface area contributed by atoms with Gasteiger partial charge in [-0.05, 0) is 13.3 Å². The lowest BCUT2D eigenvalue weighted by Gasteiger charge is -2.13. The average molecular weight is 389 g/mol. The van der Waals surface area contributed by atoms with Gasteiger partial charge < -0.3 is 18.8 Å². The maximum absolute atomic E-state index is 12.0. The van der Waals surface area contributed by atoms with Crippen molar-refractivity contribution < 1.29 is 28.6 Å². The molecule has 0 aromatic carbocycles. The van der Waals surface area contributed by atoms with Crippen molar-refractivity contribution in [2.45, 2.75) is 24.2 Å². The van der Waals surface area contributed by atoms with Crippen molar-refractivity contribution in [1.29, 1.82) is 0 Å². The monoisotopic (exact) mass is 388 g/mol. The minimum absolute atomic E-state index is 0.00677. The highest BCUT2D eigenvalue weighted by Crippen LogP contribution is 2.53. The standard InChI is InChI=1S/C14H17BrN2O6/c1-4-23-11(18)8-5-14(8,15)6-17-7-16-9(12(19)21-2)10(17)13(20)22-3/h7-8H,4-6H2,1-3H3/t8-,14-/m0/s1. The third-order valence-corrected chi connectivity index (χ3v) is 4.73. The molecule has 0 saturated heterocycles. The summed E-state index contributed by atoms with van der Waals surface area (Å²) in [6.45, 7) is 2.32. The van der Waals surface area contributed by atoms with Crippen LogP contribution in [0.15, 0.2) is 6.33 Å². The number of aromatic nitrogens is 2. The molecule has 23 heavy (non-hydrogen) atoms. The fourth-order valence-electron chi connectivity index (χ4n) is 2.33. The van der Waals surface area contributed by atoms with Gasteiger partial charge >= 0.3 is 17.9 Å². The summed E-state index contributed by atoms with van der Waals surface area (Å²) >= 11 is 3.51. The van der Waals surface area contributed by atoms with Gasteiger partial charge in [0.05, 0.1) is 37.4 Å². The van der Waals surface area contributed by atoms with E-state index in [9.17, 15) is 14.4 Å². The summed E-state index contributed by atoms with van der Waals surface area (Å²) in [6.07, 6.45) is 1.92. The molecule has 1 saturated carbocycles. The molecule has 0 amide bonds. The molecule has 0 aliphatic heterocycles. The second kappa shape index (κ2) is 6.69. The second-order valence-corrected chi connectivity index (χ2v) is 6.68. The number of methoxy groups -OCH3 is 2. The van der Waals surface area contributed by atoms with E-state index in [4.69, 9.17) is 9.47 Å². The Balaban J connectivity index is 2.24. The molecule has 0 unspecified atom stereocenters. The number of carbonyl (C=O) groups excluding carboxylic acids is 3. The van der Waals surface area contributed by atoms with Gasteiger partial charge in [0.15, 0.2) is 11.4 Å². The SMILES string of the molecule is CCOC(=O)[C@@H]1C[C@]1(Br)Cn1cnc(C(=O)OC)c1C(=O)OC. The van der Waals surface area contributed by atoms with Crippen molar-refractivity contribution in [3.05, 3.63) is 17.7 Å². The molecule has 2 rings (SSSR count). The largest absolute Gasteiger partial charge is 0.466 e. The number of ether oxygens (including phenoxy) is 3. The van der Waals surface area contributed by atoms with Gasteiger partial charge in [-0.25, -0.2) is 14.6 Å². The van der Waals surface area contributed by atoms with Crippen molar-refractivity contribution in [3.63, 3.8) is 0 Å². The molecule has 1 heterocycles. The van der Waals surface area contributed by atoms with Crippen LogP contribution in [0.4, 0.5) is 0 Å². The summed E-state index contributed by atoms with van der Waals surface area (Å²) in [5.41, 5.74) is -0.128. The zero-order chi connectivity index (χ0) is 17.2. The maximum Gasteiger partial charge on any atom is 0.359 e. The molecular formula is C14H17BrN2O6. The predicted octanol–water partition coefficient (Wildman–Crippen LogP) is 1.17. The van der Waals surface area contributed by atoms with Crippen LogP contribution in [0, 0.1) is 5.92 Å². The smallest absolute Gasteiger partial charge is 0.359 e. The first kappa shape index (κ1) is 17.5. The second-order valence-electron chi connectivity index (χ2n) is 5.10. The third kappa shape index (κ3) is 3.39. The van der Waals surface area contributed by atoms with Crippen LogP contribution >= 0.6 is 15.9 Å². The molecule has 0 bridgehead atoms. The Morgan fingerprint density at radius 2 is 2.00 bits per heavy atom. The number of rotatable bonds is 6. The van der Waals surface area contributed by atoms with E-state index in [0.29, 0.717) is 13.0 Å². The van der Waals surface area contributed by atoms with E-state index in [1.165, 1.54) is 25.1 Å². The third-order valence-electron chi connectivity index (χ3n) is 3.61. The lowest BCUT2D eigenvalue weighted by Crippen LogP contribution is -2.22. The van der Waals surface area contributed by atoms with Crippen molar-refractivity contribution in [2.24, 2.45) is 5.92 Å². The van der Waals surface area contributed by atoms with Crippen LogP contribution in [0.5, 0.6) is 0 Å². The highest BCUT2D eigenvalue weighted by Gasteiger charge is 2.58. The minimum atomic E-state index is -0.731. The number of hydrogen-bond acceptors (Lipinski definition) is 7. The number of imidazole rings is 1. The van der Waals surface area contributed by atoms with Gasteiger partial charge in [-0.1, -0.05) is 15.9 Å². The lowest BCUT2D eigenvalue weighted by molar-refractivity contribution is -0.144. The predicted molar refractivity (Wildman–Crippen MR) is 81.3 cm³/mol. The maximum atomic E-state index is 12.0. The van der Waals surface area contributed by atoms with Crippen molar-refractivity contribution in [3.8, 4) is 0 Å². The number of nitrogens with zero attached hydrogens (tertiary/aromatic N) is 2. The molecule has 2 atom stereocenters. The van der Waals surface area contributed by atoms with Gasteiger partial charge in [0.25, 0.3) is 0 Å². The first-order valence-electron chi connectivity index (χ1n) is 6.95. The lowest BCUT2D eigenvalue weighted by atomic mass is 10.2. The topological polar surface area (TPSA) is 96.7 Å². The van der Waals surface area contributed by atoms with Crippen LogP contribution in [0.1, 0.15) is 34.3 Å².